The molecular weight excluding hydrogens is 162 g/mol. The molecular formula is C7H11NO2S. The van der Waals surface area contributed by atoms with Crippen LogP contribution in [0.4, 0.5) is 0 Å². The number of hydrogen-bond donors (Lipinski definition) is 1. The van der Waals surface area contributed by atoms with E-state index in [1.165, 1.54) is 11.3 Å². The lowest BCUT2D eigenvalue weighted by Gasteiger charge is -2.06. The lowest BCUT2D eigenvalue weighted by Crippen LogP contribution is -2.04. The Kier molecular flexibility index (Phi) is 3.48. The van der Waals surface area contributed by atoms with E-state index in [1.54, 1.807) is 11.7 Å². The fourth-order valence-electron chi connectivity index (χ4n) is 0.702. The zero-order valence-corrected chi connectivity index (χ0v) is 7.17. The van der Waals surface area contributed by atoms with Crippen molar-refractivity contribution >= 4 is 11.3 Å². The third kappa shape index (κ3) is 2.57. The molecule has 1 heterocycles. The molecule has 0 saturated heterocycles. The smallest absolute Gasteiger partial charge is 0.113 e. The van der Waals surface area contributed by atoms with Gasteiger partial charge in [0.25, 0.3) is 0 Å². The Labute approximate surface area is 69.7 Å². The van der Waals surface area contributed by atoms with Crippen LogP contribution in [0.25, 0.3) is 0 Å². The highest BCUT2D eigenvalue weighted by Crippen LogP contribution is 2.16. The van der Waals surface area contributed by atoms with E-state index in [1.807, 2.05) is 6.92 Å². The van der Waals surface area contributed by atoms with Crippen LogP contribution in [0.1, 0.15) is 17.9 Å². The van der Waals surface area contributed by atoms with Crippen LogP contribution in [-0.4, -0.2) is 23.3 Å². The molecule has 1 rings (SSSR count). The molecule has 0 amide bonds. The molecule has 1 aromatic rings. The molecule has 1 atom stereocenters. The van der Waals surface area contributed by atoms with Crippen LogP contribution in [-0.2, 0) is 4.74 Å². The van der Waals surface area contributed by atoms with Gasteiger partial charge in [0.05, 0.1) is 17.0 Å². The number of thiazole rings is 1. The van der Waals surface area contributed by atoms with Crippen molar-refractivity contribution in [3.05, 3.63) is 16.6 Å². The van der Waals surface area contributed by atoms with E-state index in [-0.39, 0.29) is 0 Å². The fourth-order valence-corrected chi connectivity index (χ4v) is 1.29. The van der Waals surface area contributed by atoms with Gasteiger partial charge in [-0.05, 0) is 6.92 Å². The average molecular weight is 173 g/mol. The monoisotopic (exact) mass is 173 g/mol. The second-order valence-electron chi connectivity index (χ2n) is 2.08. The Morgan fingerprint density at radius 1 is 1.82 bits per heavy atom. The third-order valence-electron chi connectivity index (χ3n) is 1.26. The summed E-state index contributed by atoms with van der Waals surface area (Å²) in [5.41, 5.74) is 1.70. The second-order valence-corrected chi connectivity index (χ2v) is 3.00. The number of nitrogens with zero attached hydrogens (tertiary/aromatic N) is 1. The number of aromatic nitrogens is 1. The predicted molar refractivity (Wildman–Crippen MR) is 43.6 cm³/mol. The van der Waals surface area contributed by atoms with E-state index in [0.29, 0.717) is 13.2 Å². The van der Waals surface area contributed by atoms with Crippen molar-refractivity contribution < 1.29 is 9.84 Å². The van der Waals surface area contributed by atoms with Crippen molar-refractivity contribution in [2.75, 3.05) is 13.2 Å². The standard InChI is InChI=1S/C7H11NO2S/c1-2-10-4-6(9)7-3-8-5-11-7/h3,5-6,9H,2,4H2,1H3. The summed E-state index contributed by atoms with van der Waals surface area (Å²) < 4.78 is 5.05. The molecule has 0 spiro atoms. The van der Waals surface area contributed by atoms with Crippen LogP contribution in [0, 0.1) is 0 Å². The van der Waals surface area contributed by atoms with Crippen LogP contribution in [0.15, 0.2) is 11.7 Å². The summed E-state index contributed by atoms with van der Waals surface area (Å²) in [6.45, 7) is 2.90. The third-order valence-corrected chi connectivity index (χ3v) is 2.14. The Morgan fingerprint density at radius 3 is 3.18 bits per heavy atom. The Morgan fingerprint density at radius 2 is 2.64 bits per heavy atom. The first kappa shape index (κ1) is 8.64. The van der Waals surface area contributed by atoms with Crippen molar-refractivity contribution in [3.8, 4) is 0 Å². The first-order valence-electron chi connectivity index (χ1n) is 3.48. The van der Waals surface area contributed by atoms with Gasteiger partial charge in [-0.3, -0.25) is 4.98 Å². The molecule has 0 aromatic carbocycles. The maximum absolute atomic E-state index is 9.39. The molecule has 0 saturated carbocycles. The molecule has 1 unspecified atom stereocenters. The van der Waals surface area contributed by atoms with Crippen LogP contribution in [0.5, 0.6) is 0 Å². The molecule has 1 aromatic heterocycles. The summed E-state index contributed by atoms with van der Waals surface area (Å²) >= 11 is 1.44. The van der Waals surface area contributed by atoms with Crippen molar-refractivity contribution in [3.63, 3.8) is 0 Å². The Balaban J connectivity index is 2.36. The normalized spacial score (nSPS) is 13.3. The molecule has 0 aliphatic rings. The highest BCUT2D eigenvalue weighted by atomic mass is 32.1. The maximum Gasteiger partial charge on any atom is 0.113 e. The van der Waals surface area contributed by atoms with Gasteiger partial charge in [0.2, 0.25) is 0 Å². The van der Waals surface area contributed by atoms with Gasteiger partial charge in [0.1, 0.15) is 6.10 Å². The first-order chi connectivity index (χ1) is 5.34. The zero-order valence-electron chi connectivity index (χ0n) is 6.36. The topological polar surface area (TPSA) is 42.4 Å². The van der Waals surface area contributed by atoms with E-state index in [0.717, 1.165) is 4.88 Å². The highest BCUT2D eigenvalue weighted by Gasteiger charge is 2.07. The minimum absolute atomic E-state index is 0.360. The van der Waals surface area contributed by atoms with Crippen molar-refractivity contribution in [1.82, 2.24) is 4.98 Å². The minimum atomic E-state index is -0.512. The molecule has 1 N–H and O–H groups in total. The summed E-state index contributed by atoms with van der Waals surface area (Å²) in [5.74, 6) is 0. The molecule has 0 fully saturated rings. The van der Waals surface area contributed by atoms with Crippen LogP contribution in [0.3, 0.4) is 0 Å². The quantitative estimate of drug-likeness (QED) is 0.744. The second kappa shape index (κ2) is 4.43. The maximum atomic E-state index is 9.39. The minimum Gasteiger partial charge on any atom is -0.385 e. The summed E-state index contributed by atoms with van der Waals surface area (Å²) in [4.78, 5) is 4.71. The van der Waals surface area contributed by atoms with Crippen LogP contribution < -0.4 is 0 Å². The lowest BCUT2D eigenvalue weighted by molar-refractivity contribution is 0.0438. The molecule has 0 radical (unpaired) electrons. The van der Waals surface area contributed by atoms with Gasteiger partial charge in [-0.25, -0.2) is 0 Å². The molecule has 4 heteroatoms. The van der Waals surface area contributed by atoms with Gasteiger partial charge < -0.3 is 9.84 Å². The van der Waals surface area contributed by atoms with Crippen LogP contribution in [0.2, 0.25) is 0 Å². The van der Waals surface area contributed by atoms with Gasteiger partial charge in [-0.15, -0.1) is 11.3 Å². The molecule has 3 nitrogen and oxygen atoms in total. The van der Waals surface area contributed by atoms with E-state index in [2.05, 4.69) is 4.98 Å². The van der Waals surface area contributed by atoms with Crippen molar-refractivity contribution in [2.24, 2.45) is 0 Å². The SMILES string of the molecule is CCOCC(O)c1cncs1. The highest BCUT2D eigenvalue weighted by molar-refractivity contribution is 7.09. The number of rotatable bonds is 4. The Hall–Kier alpha value is -0.450. The van der Waals surface area contributed by atoms with E-state index in [4.69, 9.17) is 4.74 Å². The molecule has 62 valence electrons. The van der Waals surface area contributed by atoms with Crippen LogP contribution >= 0.6 is 11.3 Å². The Bertz CT molecular complexity index is 188. The van der Waals surface area contributed by atoms with E-state index < -0.39 is 6.10 Å². The van der Waals surface area contributed by atoms with E-state index in [9.17, 15) is 5.11 Å². The van der Waals surface area contributed by atoms with Gasteiger partial charge in [0, 0.05) is 12.8 Å². The fraction of sp³-hybridized carbons (Fsp3) is 0.571. The molecule has 0 bridgehead atoms. The van der Waals surface area contributed by atoms with Gasteiger partial charge in [-0.2, -0.15) is 0 Å². The molecule has 11 heavy (non-hydrogen) atoms. The van der Waals surface area contributed by atoms with Crippen molar-refractivity contribution in [2.45, 2.75) is 13.0 Å². The first-order valence-corrected chi connectivity index (χ1v) is 4.36. The summed E-state index contributed by atoms with van der Waals surface area (Å²) in [7, 11) is 0. The summed E-state index contributed by atoms with van der Waals surface area (Å²) in [6.07, 6.45) is 1.15. The summed E-state index contributed by atoms with van der Waals surface area (Å²) in [5, 5.41) is 9.39. The van der Waals surface area contributed by atoms with Gasteiger partial charge >= 0.3 is 0 Å². The predicted octanol–water partition coefficient (Wildman–Crippen LogP) is 1.21. The molecule has 0 aliphatic carbocycles. The van der Waals surface area contributed by atoms with Gasteiger partial charge in [0.15, 0.2) is 0 Å². The molecule has 0 aliphatic heterocycles. The summed E-state index contributed by atoms with van der Waals surface area (Å²) in [6, 6.07) is 0. The number of aliphatic hydroxyl groups is 1. The number of ether oxygens (including phenoxy) is 1. The largest absolute Gasteiger partial charge is 0.385 e. The number of aliphatic hydroxyl groups excluding tert-OH is 1. The zero-order chi connectivity index (χ0) is 8.10. The average Bonchev–Trinajstić information content (AvgIpc) is 2.52. The van der Waals surface area contributed by atoms with E-state index >= 15 is 0 Å². The number of hydrogen-bond acceptors (Lipinski definition) is 4. The van der Waals surface area contributed by atoms with Gasteiger partial charge in [-0.1, -0.05) is 0 Å². The van der Waals surface area contributed by atoms with Crippen molar-refractivity contribution in [1.29, 1.82) is 0 Å². The lowest BCUT2D eigenvalue weighted by atomic mass is 10.3.